The van der Waals surface area contributed by atoms with Gasteiger partial charge < -0.3 is 10.6 Å². The largest absolute Gasteiger partial charge is 0.354 e. The number of nitrogens with one attached hydrogen (secondary N) is 2. The molecule has 2 aromatic carbocycles. The first-order valence-electron chi connectivity index (χ1n) is 8.02. The van der Waals surface area contributed by atoms with Crippen LogP contribution in [0.3, 0.4) is 0 Å². The van der Waals surface area contributed by atoms with E-state index in [9.17, 15) is 9.18 Å². The minimum atomic E-state index is -0.306. The molecule has 1 amide bonds. The Morgan fingerprint density at radius 3 is 2.65 bits per heavy atom. The van der Waals surface area contributed by atoms with Gasteiger partial charge in [-0.3, -0.25) is 9.78 Å². The first-order chi connectivity index (χ1) is 12.5. The molecule has 0 aliphatic carbocycles. The zero-order chi connectivity index (χ0) is 18.5. The van der Waals surface area contributed by atoms with Crippen LogP contribution in [0.5, 0.6) is 0 Å². The minimum absolute atomic E-state index is 0.256. The van der Waals surface area contributed by atoms with Gasteiger partial charge in [0.25, 0.3) is 5.91 Å². The Balaban J connectivity index is 1.69. The second kappa shape index (κ2) is 7.97. The molecule has 0 unspecified atom stereocenters. The number of carbonyl (C=O) groups is 1. The number of aromatic nitrogens is 1. The van der Waals surface area contributed by atoms with Gasteiger partial charge in [0.05, 0.1) is 17.4 Å². The number of hydrogen-bond acceptors (Lipinski definition) is 3. The van der Waals surface area contributed by atoms with Crippen molar-refractivity contribution in [3.05, 3.63) is 88.5 Å². The number of benzene rings is 2. The average Bonchev–Trinajstić information content (AvgIpc) is 2.64. The lowest BCUT2D eigenvalue weighted by Crippen LogP contribution is -2.23. The summed E-state index contributed by atoms with van der Waals surface area (Å²) in [5.41, 5.74) is 3.81. The number of hydrogen-bond donors (Lipinski definition) is 2. The molecule has 0 saturated heterocycles. The molecule has 6 heteroatoms. The molecule has 132 valence electrons. The van der Waals surface area contributed by atoms with Crippen LogP contribution in [0.25, 0.3) is 0 Å². The molecule has 0 radical (unpaired) electrons. The van der Waals surface area contributed by atoms with Crippen LogP contribution in [0.1, 0.15) is 21.5 Å². The molecule has 2 N–H and O–H groups in total. The van der Waals surface area contributed by atoms with E-state index in [1.165, 1.54) is 18.3 Å². The third-order valence-electron chi connectivity index (χ3n) is 3.85. The summed E-state index contributed by atoms with van der Waals surface area (Å²) in [6, 6.07) is 13.3. The van der Waals surface area contributed by atoms with Crippen LogP contribution in [0.15, 0.2) is 60.9 Å². The summed E-state index contributed by atoms with van der Waals surface area (Å²) in [5.74, 6) is -0.562. The lowest BCUT2D eigenvalue weighted by molar-refractivity contribution is 0.0950. The molecule has 0 saturated carbocycles. The van der Waals surface area contributed by atoms with E-state index in [4.69, 9.17) is 11.6 Å². The van der Waals surface area contributed by atoms with Gasteiger partial charge in [0, 0.05) is 23.5 Å². The molecule has 0 fully saturated rings. The van der Waals surface area contributed by atoms with Crippen LogP contribution < -0.4 is 10.6 Å². The Hall–Kier alpha value is -2.92. The van der Waals surface area contributed by atoms with E-state index in [1.807, 2.05) is 25.1 Å². The van der Waals surface area contributed by atoms with Gasteiger partial charge in [0.1, 0.15) is 5.82 Å². The summed E-state index contributed by atoms with van der Waals surface area (Å²) in [4.78, 5) is 16.5. The molecule has 3 rings (SSSR count). The SMILES string of the molecule is Cc1ccc(Cl)cc1Nc1cncc(C(=O)NCc2ccc(F)cc2)c1. The van der Waals surface area contributed by atoms with E-state index in [1.54, 1.807) is 24.4 Å². The average molecular weight is 370 g/mol. The summed E-state index contributed by atoms with van der Waals surface area (Å²) >= 11 is 6.03. The Kier molecular flexibility index (Phi) is 5.49. The summed E-state index contributed by atoms with van der Waals surface area (Å²) < 4.78 is 12.9. The number of halogens is 2. The summed E-state index contributed by atoms with van der Waals surface area (Å²) in [6.07, 6.45) is 3.13. The molecule has 0 aliphatic heterocycles. The van der Waals surface area contributed by atoms with E-state index in [0.29, 0.717) is 22.8 Å². The highest BCUT2D eigenvalue weighted by atomic mass is 35.5. The fraction of sp³-hybridized carbons (Fsp3) is 0.100. The van der Waals surface area contributed by atoms with Crippen molar-refractivity contribution in [1.29, 1.82) is 0 Å². The normalized spacial score (nSPS) is 10.4. The Labute approximate surface area is 156 Å². The molecule has 0 aliphatic rings. The number of amides is 1. The maximum absolute atomic E-state index is 12.9. The zero-order valence-electron chi connectivity index (χ0n) is 14.1. The van der Waals surface area contributed by atoms with Crippen molar-refractivity contribution in [2.75, 3.05) is 5.32 Å². The maximum atomic E-state index is 12.9. The van der Waals surface area contributed by atoms with Crippen LogP contribution in [-0.4, -0.2) is 10.9 Å². The Morgan fingerprint density at radius 1 is 1.12 bits per heavy atom. The molecular formula is C20H17ClFN3O. The first-order valence-corrected chi connectivity index (χ1v) is 8.40. The van der Waals surface area contributed by atoms with Gasteiger partial charge in [0.2, 0.25) is 0 Å². The molecule has 1 heterocycles. The van der Waals surface area contributed by atoms with Gasteiger partial charge in [-0.25, -0.2) is 4.39 Å². The van der Waals surface area contributed by atoms with Gasteiger partial charge in [-0.1, -0.05) is 29.8 Å². The number of nitrogens with zero attached hydrogens (tertiary/aromatic N) is 1. The number of aryl methyl sites for hydroxylation is 1. The molecule has 0 atom stereocenters. The predicted octanol–water partition coefficient (Wildman–Crippen LogP) is 4.86. The van der Waals surface area contributed by atoms with Gasteiger partial charge >= 0.3 is 0 Å². The van der Waals surface area contributed by atoms with Gasteiger partial charge in [-0.05, 0) is 48.4 Å². The van der Waals surface area contributed by atoms with Crippen molar-refractivity contribution >= 4 is 28.9 Å². The number of carbonyl (C=O) groups excluding carboxylic acids is 1. The molecule has 0 bridgehead atoms. The van der Waals surface area contributed by atoms with Crippen molar-refractivity contribution in [2.24, 2.45) is 0 Å². The minimum Gasteiger partial charge on any atom is -0.354 e. The Morgan fingerprint density at radius 2 is 1.88 bits per heavy atom. The van der Waals surface area contributed by atoms with E-state index < -0.39 is 0 Å². The molecule has 0 spiro atoms. The highest BCUT2D eigenvalue weighted by Crippen LogP contribution is 2.24. The van der Waals surface area contributed by atoms with Crippen molar-refractivity contribution in [1.82, 2.24) is 10.3 Å². The second-order valence-corrected chi connectivity index (χ2v) is 6.29. The third kappa shape index (κ3) is 4.58. The van der Waals surface area contributed by atoms with E-state index in [2.05, 4.69) is 15.6 Å². The van der Waals surface area contributed by atoms with E-state index in [0.717, 1.165) is 16.8 Å². The van der Waals surface area contributed by atoms with E-state index >= 15 is 0 Å². The molecule has 26 heavy (non-hydrogen) atoms. The van der Waals surface area contributed by atoms with Crippen LogP contribution in [0.2, 0.25) is 5.02 Å². The second-order valence-electron chi connectivity index (χ2n) is 5.86. The number of rotatable bonds is 5. The molecule has 1 aromatic heterocycles. The van der Waals surface area contributed by atoms with Crippen molar-refractivity contribution in [2.45, 2.75) is 13.5 Å². The van der Waals surface area contributed by atoms with Crippen molar-refractivity contribution < 1.29 is 9.18 Å². The number of anilines is 2. The van der Waals surface area contributed by atoms with Crippen molar-refractivity contribution in [3.8, 4) is 0 Å². The van der Waals surface area contributed by atoms with Crippen LogP contribution in [0, 0.1) is 12.7 Å². The first kappa shape index (κ1) is 17.9. The smallest absolute Gasteiger partial charge is 0.253 e. The van der Waals surface area contributed by atoms with Gasteiger partial charge in [-0.15, -0.1) is 0 Å². The quantitative estimate of drug-likeness (QED) is 0.675. The summed E-state index contributed by atoms with van der Waals surface area (Å²) in [7, 11) is 0. The lowest BCUT2D eigenvalue weighted by atomic mass is 10.2. The van der Waals surface area contributed by atoms with Gasteiger partial charge in [0.15, 0.2) is 0 Å². The standard InChI is InChI=1S/C20H17ClFN3O/c1-13-2-5-16(21)9-19(13)25-18-8-15(11-23-12-18)20(26)24-10-14-3-6-17(22)7-4-14/h2-9,11-12,25H,10H2,1H3,(H,24,26). The fourth-order valence-electron chi connectivity index (χ4n) is 2.40. The van der Waals surface area contributed by atoms with Gasteiger partial charge in [-0.2, -0.15) is 0 Å². The number of pyridine rings is 1. The molecule has 4 nitrogen and oxygen atoms in total. The van der Waals surface area contributed by atoms with E-state index in [-0.39, 0.29) is 11.7 Å². The maximum Gasteiger partial charge on any atom is 0.253 e. The monoisotopic (exact) mass is 369 g/mol. The highest BCUT2D eigenvalue weighted by molar-refractivity contribution is 6.30. The summed E-state index contributed by atoms with van der Waals surface area (Å²) in [6.45, 7) is 2.27. The van der Waals surface area contributed by atoms with Crippen LogP contribution >= 0.6 is 11.6 Å². The molecule has 3 aromatic rings. The Bertz CT molecular complexity index is 929. The highest BCUT2D eigenvalue weighted by Gasteiger charge is 2.08. The molecular weight excluding hydrogens is 353 g/mol. The van der Waals surface area contributed by atoms with Crippen LogP contribution in [0.4, 0.5) is 15.8 Å². The van der Waals surface area contributed by atoms with Crippen molar-refractivity contribution in [3.63, 3.8) is 0 Å². The lowest BCUT2D eigenvalue weighted by Gasteiger charge is -2.11. The third-order valence-corrected chi connectivity index (χ3v) is 4.08. The topological polar surface area (TPSA) is 54.0 Å². The van der Waals surface area contributed by atoms with Crippen LogP contribution in [-0.2, 0) is 6.54 Å². The predicted molar refractivity (Wildman–Crippen MR) is 101 cm³/mol. The zero-order valence-corrected chi connectivity index (χ0v) is 14.8. The fourth-order valence-corrected chi connectivity index (χ4v) is 2.58. The summed E-state index contributed by atoms with van der Waals surface area (Å²) in [5, 5.41) is 6.64.